The summed E-state index contributed by atoms with van der Waals surface area (Å²) in [5.74, 6) is 0.591. The Labute approximate surface area is 182 Å². The monoisotopic (exact) mass is 435 g/mol. The predicted octanol–water partition coefficient (Wildman–Crippen LogP) is 2.67. The van der Waals surface area contributed by atoms with Gasteiger partial charge in [-0.05, 0) is 45.0 Å². The van der Waals surface area contributed by atoms with E-state index in [1.165, 1.54) is 11.8 Å². The summed E-state index contributed by atoms with van der Waals surface area (Å²) in [4.78, 5) is 30.4. The van der Waals surface area contributed by atoms with E-state index in [4.69, 9.17) is 17.0 Å². The lowest BCUT2D eigenvalue weighted by Gasteiger charge is -2.37. The molecule has 0 spiro atoms. The summed E-state index contributed by atoms with van der Waals surface area (Å²) >= 11 is 7.00. The topological polar surface area (TPSA) is 53.1 Å². The van der Waals surface area contributed by atoms with Gasteiger partial charge >= 0.3 is 0 Å². The van der Waals surface area contributed by atoms with E-state index < -0.39 is 0 Å². The van der Waals surface area contributed by atoms with Crippen LogP contribution in [0.15, 0.2) is 24.3 Å². The number of anilines is 1. The molecule has 8 heteroatoms. The highest BCUT2D eigenvalue weighted by atomic mass is 32.2. The maximum Gasteiger partial charge on any atom is 0.233 e. The molecule has 0 radical (unpaired) electrons. The van der Waals surface area contributed by atoms with E-state index >= 15 is 0 Å². The first-order chi connectivity index (χ1) is 13.8. The van der Waals surface area contributed by atoms with E-state index in [-0.39, 0.29) is 23.9 Å². The van der Waals surface area contributed by atoms with Crippen molar-refractivity contribution in [1.29, 1.82) is 0 Å². The molecule has 3 rings (SSSR count). The Kier molecular flexibility index (Phi) is 7.54. The average molecular weight is 436 g/mol. The number of hydrogen-bond acceptors (Lipinski definition) is 6. The average Bonchev–Trinajstić information content (AvgIpc) is 2.71. The van der Waals surface area contributed by atoms with Crippen molar-refractivity contribution in [3.05, 3.63) is 29.8 Å². The van der Waals surface area contributed by atoms with Gasteiger partial charge in [0.25, 0.3) is 0 Å². The van der Waals surface area contributed by atoms with Crippen LogP contribution < -0.4 is 4.90 Å². The number of hydrogen-bond donors (Lipinski definition) is 0. The lowest BCUT2D eigenvalue weighted by molar-refractivity contribution is -0.128. The highest BCUT2D eigenvalue weighted by Gasteiger charge is 2.26. The zero-order valence-corrected chi connectivity index (χ0v) is 18.9. The third-order valence-corrected chi connectivity index (χ3v) is 6.78. The Morgan fingerprint density at radius 2 is 1.62 bits per heavy atom. The third-order valence-electron chi connectivity index (χ3n) is 5.27. The van der Waals surface area contributed by atoms with Gasteiger partial charge in [0, 0.05) is 50.5 Å². The molecule has 0 aromatic heterocycles. The summed E-state index contributed by atoms with van der Waals surface area (Å²) < 4.78 is 6.53. The van der Waals surface area contributed by atoms with Crippen molar-refractivity contribution in [1.82, 2.24) is 9.80 Å². The number of Topliss-reactive ketones (excluding diaryl/α,β-unsaturated/α-hetero) is 1. The van der Waals surface area contributed by atoms with Crippen LogP contribution in [0.4, 0.5) is 5.69 Å². The lowest BCUT2D eigenvalue weighted by Crippen LogP contribution is -2.50. The predicted molar refractivity (Wildman–Crippen MR) is 122 cm³/mol. The van der Waals surface area contributed by atoms with Gasteiger partial charge in [-0.15, -0.1) is 0 Å². The summed E-state index contributed by atoms with van der Waals surface area (Å²) in [5, 5.41) is 0. The Balaban J connectivity index is 1.44. The molecule has 2 heterocycles. The minimum Gasteiger partial charge on any atom is -0.372 e. The molecule has 1 aromatic carbocycles. The van der Waals surface area contributed by atoms with E-state index in [2.05, 4.69) is 9.80 Å². The summed E-state index contributed by atoms with van der Waals surface area (Å²) in [6, 6.07) is 7.68. The molecule has 158 valence electrons. The van der Waals surface area contributed by atoms with Crippen molar-refractivity contribution < 1.29 is 14.3 Å². The number of morpholine rings is 1. The van der Waals surface area contributed by atoms with Crippen molar-refractivity contribution >= 4 is 45.7 Å². The first-order valence-corrected chi connectivity index (χ1v) is 11.4. The van der Waals surface area contributed by atoms with E-state index in [1.807, 2.05) is 43.0 Å². The second kappa shape index (κ2) is 9.91. The molecule has 2 aliphatic heterocycles. The fraction of sp³-hybridized carbons (Fsp3) is 0.571. The first-order valence-electron chi connectivity index (χ1n) is 10.0. The number of ether oxygens (including phenoxy) is 1. The second-order valence-corrected chi connectivity index (χ2v) is 9.30. The normalized spacial score (nSPS) is 22.5. The highest BCUT2D eigenvalue weighted by molar-refractivity contribution is 8.23. The summed E-state index contributed by atoms with van der Waals surface area (Å²) in [5.41, 5.74) is 1.81. The fourth-order valence-corrected chi connectivity index (χ4v) is 4.84. The zero-order valence-electron chi connectivity index (χ0n) is 17.3. The molecule has 2 atom stereocenters. The van der Waals surface area contributed by atoms with Gasteiger partial charge in [0.1, 0.15) is 4.32 Å². The van der Waals surface area contributed by atoms with Gasteiger partial charge in [0.15, 0.2) is 5.78 Å². The van der Waals surface area contributed by atoms with Crippen LogP contribution in [0.5, 0.6) is 0 Å². The summed E-state index contributed by atoms with van der Waals surface area (Å²) in [7, 11) is 0. The van der Waals surface area contributed by atoms with Crippen molar-refractivity contribution in [2.75, 3.05) is 49.9 Å². The molecule has 0 aliphatic carbocycles. The number of rotatable bonds is 4. The second-order valence-electron chi connectivity index (χ2n) is 7.69. The molecule has 0 bridgehead atoms. The van der Waals surface area contributed by atoms with Crippen LogP contribution in [0.3, 0.4) is 0 Å². The molecule has 0 N–H and O–H groups in total. The smallest absolute Gasteiger partial charge is 0.233 e. The van der Waals surface area contributed by atoms with Crippen molar-refractivity contribution in [2.45, 2.75) is 33.0 Å². The van der Waals surface area contributed by atoms with Crippen molar-refractivity contribution in [3.8, 4) is 0 Å². The molecule has 0 saturated carbocycles. The molecule has 1 aromatic rings. The number of amides is 1. The lowest BCUT2D eigenvalue weighted by atomic mass is 10.1. The van der Waals surface area contributed by atoms with Crippen LogP contribution in [-0.4, -0.2) is 83.0 Å². The largest absolute Gasteiger partial charge is 0.372 e. The number of carbonyl (C=O) groups is 2. The van der Waals surface area contributed by atoms with Crippen LogP contribution in [0.25, 0.3) is 0 Å². The molecular formula is C21H29N3O3S2. The van der Waals surface area contributed by atoms with Crippen LogP contribution in [-0.2, 0) is 9.53 Å². The maximum absolute atomic E-state index is 12.6. The maximum atomic E-state index is 12.6. The van der Waals surface area contributed by atoms with Gasteiger partial charge in [-0.2, -0.15) is 0 Å². The number of thiocarbonyl (C=S) groups is 1. The van der Waals surface area contributed by atoms with Gasteiger partial charge in [-0.3, -0.25) is 9.59 Å². The summed E-state index contributed by atoms with van der Waals surface area (Å²) in [6.07, 6.45) is 0.316. The van der Waals surface area contributed by atoms with Gasteiger partial charge in [0.05, 0.1) is 18.0 Å². The molecule has 1 amide bonds. The molecule has 2 saturated heterocycles. The van der Waals surface area contributed by atoms with Crippen molar-refractivity contribution in [2.24, 2.45) is 0 Å². The minimum atomic E-state index is 0.0726. The number of benzene rings is 1. The highest BCUT2D eigenvalue weighted by Crippen LogP contribution is 2.20. The molecule has 2 fully saturated rings. The number of nitrogens with zero attached hydrogens (tertiary/aromatic N) is 3. The van der Waals surface area contributed by atoms with Crippen LogP contribution in [0.2, 0.25) is 0 Å². The van der Waals surface area contributed by atoms with Gasteiger partial charge in [-0.25, -0.2) is 0 Å². The van der Waals surface area contributed by atoms with Crippen molar-refractivity contribution in [3.63, 3.8) is 0 Å². The van der Waals surface area contributed by atoms with Crippen LogP contribution >= 0.6 is 24.0 Å². The number of carbonyl (C=O) groups excluding carboxylic acids is 2. The van der Waals surface area contributed by atoms with E-state index in [1.54, 1.807) is 6.92 Å². The van der Waals surface area contributed by atoms with Crippen LogP contribution in [0, 0.1) is 0 Å². The Morgan fingerprint density at radius 3 is 2.17 bits per heavy atom. The molecule has 29 heavy (non-hydrogen) atoms. The Hall–Kier alpha value is -1.64. The minimum absolute atomic E-state index is 0.0726. The molecule has 0 unspecified atom stereocenters. The SMILES string of the molecule is CC(=O)c1ccc(N2CCN(C(=O)CSC(=S)N3C[C@H](C)O[C@@H](C)C3)CC2)cc1. The zero-order chi connectivity index (χ0) is 21.0. The first kappa shape index (κ1) is 22.1. The van der Waals surface area contributed by atoms with Crippen LogP contribution in [0.1, 0.15) is 31.1 Å². The number of ketones is 1. The Bertz CT molecular complexity index is 738. The van der Waals surface area contributed by atoms with Gasteiger partial charge in [0.2, 0.25) is 5.91 Å². The molecule has 2 aliphatic rings. The number of thioether (sulfide) groups is 1. The third kappa shape index (κ3) is 5.93. The van der Waals surface area contributed by atoms with Gasteiger partial charge in [-0.1, -0.05) is 24.0 Å². The van der Waals surface area contributed by atoms with E-state index in [0.29, 0.717) is 18.8 Å². The van der Waals surface area contributed by atoms with Gasteiger partial charge < -0.3 is 19.4 Å². The molecular weight excluding hydrogens is 406 g/mol. The standard InChI is InChI=1S/C21H29N3O3S2/c1-15-12-24(13-16(2)27-15)21(28)29-14-20(26)23-10-8-22(9-11-23)19-6-4-18(5-7-19)17(3)25/h4-7,15-16H,8-14H2,1-3H3/t15-,16-/m0/s1. The van der Waals surface area contributed by atoms with E-state index in [0.717, 1.165) is 41.8 Å². The number of piperazine rings is 1. The Morgan fingerprint density at radius 1 is 1.03 bits per heavy atom. The van der Waals surface area contributed by atoms with E-state index in [9.17, 15) is 9.59 Å². The molecule has 6 nitrogen and oxygen atoms in total. The quantitative estimate of drug-likeness (QED) is 0.532. The summed E-state index contributed by atoms with van der Waals surface area (Å²) in [6.45, 7) is 10.2. The fourth-order valence-electron chi connectivity index (χ4n) is 3.75.